The molecule has 0 heterocycles. The van der Waals surface area contributed by atoms with Crippen molar-refractivity contribution in [2.24, 2.45) is 0 Å². The highest BCUT2D eigenvalue weighted by Crippen LogP contribution is 2.23. The molecule has 1 N–H and O–H groups in total. The number of nitrogens with zero attached hydrogens (tertiary/aromatic N) is 2. The summed E-state index contributed by atoms with van der Waals surface area (Å²) in [5.74, 6) is -0.685. The van der Waals surface area contributed by atoms with E-state index in [1.54, 1.807) is 31.2 Å². The monoisotopic (exact) mass is 627 g/mol. The maximum absolute atomic E-state index is 13.6. The summed E-state index contributed by atoms with van der Waals surface area (Å²) in [6.45, 7) is 1.45. The first-order chi connectivity index (χ1) is 16.5. The van der Waals surface area contributed by atoms with Crippen LogP contribution in [-0.4, -0.2) is 50.0 Å². The number of sulfonamides is 1. The molecule has 0 aliphatic heterocycles. The molecule has 0 aromatic heterocycles. The Morgan fingerprint density at radius 3 is 2.26 bits per heavy atom. The zero-order chi connectivity index (χ0) is 25.6. The van der Waals surface area contributed by atoms with Gasteiger partial charge in [-0.05, 0) is 55.7 Å². The van der Waals surface area contributed by atoms with Gasteiger partial charge in [0.2, 0.25) is 21.8 Å². The van der Waals surface area contributed by atoms with Gasteiger partial charge in [-0.3, -0.25) is 13.9 Å². The molecule has 2 aromatic rings. The molecule has 1 aliphatic rings. The van der Waals surface area contributed by atoms with Gasteiger partial charge in [0.1, 0.15) is 12.6 Å². The first-order valence-corrected chi connectivity index (χ1v) is 15.1. The second kappa shape index (κ2) is 12.4. The molecule has 0 saturated heterocycles. The third-order valence-corrected chi connectivity index (χ3v) is 8.26. The van der Waals surface area contributed by atoms with Crippen LogP contribution in [-0.2, 0) is 26.2 Å². The summed E-state index contributed by atoms with van der Waals surface area (Å²) < 4.78 is 27.9. The van der Waals surface area contributed by atoms with Gasteiger partial charge in [0, 0.05) is 21.5 Å². The summed E-state index contributed by atoms with van der Waals surface area (Å²) in [4.78, 5) is 28.2. The number of anilines is 1. The Morgan fingerprint density at radius 2 is 1.66 bits per heavy atom. The lowest BCUT2D eigenvalue weighted by Gasteiger charge is -2.33. The molecule has 1 fully saturated rings. The fraction of sp³-hybridized carbons (Fsp3) is 0.440. The summed E-state index contributed by atoms with van der Waals surface area (Å²) >= 11 is 6.81. The van der Waals surface area contributed by atoms with Crippen LogP contribution in [0, 0.1) is 0 Å². The van der Waals surface area contributed by atoms with Gasteiger partial charge in [0.25, 0.3) is 0 Å². The first-order valence-electron chi connectivity index (χ1n) is 11.6. The van der Waals surface area contributed by atoms with Crippen LogP contribution in [0.5, 0.6) is 0 Å². The van der Waals surface area contributed by atoms with Gasteiger partial charge in [0.15, 0.2) is 0 Å². The predicted octanol–water partition coefficient (Wildman–Crippen LogP) is 4.84. The molecule has 2 amide bonds. The largest absolute Gasteiger partial charge is 0.352 e. The summed E-state index contributed by atoms with van der Waals surface area (Å²) in [6.07, 6.45) is 6.27. The van der Waals surface area contributed by atoms with E-state index in [0.29, 0.717) is 10.2 Å². The van der Waals surface area contributed by atoms with Crippen molar-refractivity contribution < 1.29 is 18.0 Å². The van der Waals surface area contributed by atoms with Crippen LogP contribution >= 0.6 is 31.9 Å². The molecule has 2 aromatic carbocycles. The van der Waals surface area contributed by atoms with Crippen molar-refractivity contribution in [2.75, 3.05) is 17.1 Å². The standard InChI is InChI=1S/C25H31Br2N3O4S/c1-18(25(32)28-22-11-4-3-5-12-22)29(16-19-8-6-9-20(26)14-19)24(31)17-30(35(2,33)34)23-13-7-10-21(27)15-23/h6-10,13-15,18,22H,3-5,11-12,16-17H2,1-2H3,(H,28,32)/t18-/m0/s1. The second-order valence-corrected chi connectivity index (χ2v) is 12.7. The molecule has 1 aliphatic carbocycles. The normalized spacial score (nSPS) is 15.3. The molecule has 0 unspecified atom stereocenters. The Hall–Kier alpha value is -1.91. The van der Waals surface area contributed by atoms with Crippen LogP contribution in [0.1, 0.15) is 44.6 Å². The Morgan fingerprint density at radius 1 is 1.03 bits per heavy atom. The Kier molecular flexibility index (Phi) is 9.77. The molecule has 35 heavy (non-hydrogen) atoms. The fourth-order valence-corrected chi connectivity index (χ4v) is 5.90. The van der Waals surface area contributed by atoms with E-state index in [1.807, 2.05) is 24.3 Å². The third-order valence-electron chi connectivity index (χ3n) is 6.14. The minimum Gasteiger partial charge on any atom is -0.352 e. The fourth-order valence-electron chi connectivity index (χ4n) is 4.23. The van der Waals surface area contributed by atoms with Crippen LogP contribution in [0.2, 0.25) is 0 Å². The maximum atomic E-state index is 13.6. The number of rotatable bonds is 9. The van der Waals surface area contributed by atoms with Gasteiger partial charge in [-0.1, -0.05) is 69.3 Å². The smallest absolute Gasteiger partial charge is 0.244 e. The highest BCUT2D eigenvalue weighted by molar-refractivity contribution is 9.10. The molecular weight excluding hydrogens is 598 g/mol. The van der Waals surface area contributed by atoms with Gasteiger partial charge in [-0.15, -0.1) is 0 Å². The topological polar surface area (TPSA) is 86.8 Å². The third kappa shape index (κ3) is 8.05. The molecule has 0 radical (unpaired) electrons. The number of nitrogens with one attached hydrogen (secondary N) is 1. The van der Waals surface area contributed by atoms with Crippen molar-refractivity contribution in [3.05, 3.63) is 63.0 Å². The maximum Gasteiger partial charge on any atom is 0.244 e. The summed E-state index contributed by atoms with van der Waals surface area (Å²) in [7, 11) is -3.75. The molecule has 10 heteroatoms. The van der Waals surface area contributed by atoms with Crippen molar-refractivity contribution in [3.63, 3.8) is 0 Å². The minimum absolute atomic E-state index is 0.107. The molecule has 3 rings (SSSR count). The summed E-state index contributed by atoms with van der Waals surface area (Å²) in [5.41, 5.74) is 1.20. The number of hydrogen-bond donors (Lipinski definition) is 1. The van der Waals surface area contributed by atoms with Crippen LogP contribution in [0.4, 0.5) is 5.69 Å². The highest BCUT2D eigenvalue weighted by atomic mass is 79.9. The lowest BCUT2D eigenvalue weighted by atomic mass is 9.95. The Balaban J connectivity index is 1.87. The number of carbonyl (C=O) groups is 2. The molecular formula is C25H31Br2N3O4S. The van der Waals surface area contributed by atoms with Crippen molar-refractivity contribution in [3.8, 4) is 0 Å². The zero-order valence-corrected chi connectivity index (χ0v) is 23.9. The van der Waals surface area contributed by atoms with Gasteiger partial charge < -0.3 is 10.2 Å². The average Bonchev–Trinajstić information content (AvgIpc) is 2.80. The average molecular weight is 629 g/mol. The van der Waals surface area contributed by atoms with E-state index in [-0.39, 0.29) is 18.5 Å². The van der Waals surface area contributed by atoms with E-state index in [0.717, 1.165) is 46.3 Å². The van der Waals surface area contributed by atoms with Crippen molar-refractivity contribution >= 4 is 59.4 Å². The van der Waals surface area contributed by atoms with Crippen molar-refractivity contribution in [2.45, 2.75) is 57.7 Å². The lowest BCUT2D eigenvalue weighted by Crippen LogP contribution is -2.52. The van der Waals surface area contributed by atoms with Gasteiger partial charge in [-0.25, -0.2) is 8.42 Å². The van der Waals surface area contributed by atoms with E-state index in [4.69, 9.17) is 0 Å². The van der Waals surface area contributed by atoms with Crippen LogP contribution in [0.25, 0.3) is 0 Å². The molecule has 0 bridgehead atoms. The lowest BCUT2D eigenvalue weighted by molar-refractivity contribution is -0.139. The van der Waals surface area contributed by atoms with Gasteiger partial charge in [0.05, 0.1) is 11.9 Å². The zero-order valence-electron chi connectivity index (χ0n) is 19.9. The Bertz CT molecular complexity index is 1150. The van der Waals surface area contributed by atoms with E-state index in [2.05, 4.69) is 37.2 Å². The summed E-state index contributed by atoms with van der Waals surface area (Å²) in [5, 5.41) is 3.09. The molecule has 190 valence electrons. The van der Waals surface area contributed by atoms with Crippen LogP contribution in [0.15, 0.2) is 57.5 Å². The number of benzene rings is 2. The van der Waals surface area contributed by atoms with Crippen LogP contribution < -0.4 is 9.62 Å². The molecule has 7 nitrogen and oxygen atoms in total. The van der Waals surface area contributed by atoms with Gasteiger partial charge >= 0.3 is 0 Å². The first kappa shape index (κ1) is 27.7. The second-order valence-electron chi connectivity index (χ2n) is 8.92. The Labute approximate surface area is 224 Å². The van der Waals surface area contributed by atoms with E-state index in [9.17, 15) is 18.0 Å². The number of carbonyl (C=O) groups excluding carboxylic acids is 2. The number of amides is 2. The number of halogens is 2. The SMILES string of the molecule is C[C@@H](C(=O)NC1CCCCC1)N(Cc1cccc(Br)c1)C(=O)CN(c1cccc(Br)c1)S(C)(=O)=O. The predicted molar refractivity (Wildman–Crippen MR) is 146 cm³/mol. The van der Waals surface area contributed by atoms with E-state index < -0.39 is 28.5 Å². The van der Waals surface area contributed by atoms with E-state index in [1.165, 1.54) is 11.3 Å². The number of hydrogen-bond acceptors (Lipinski definition) is 4. The minimum atomic E-state index is -3.75. The van der Waals surface area contributed by atoms with Crippen LogP contribution in [0.3, 0.4) is 0 Å². The van der Waals surface area contributed by atoms with Gasteiger partial charge in [-0.2, -0.15) is 0 Å². The van der Waals surface area contributed by atoms with E-state index >= 15 is 0 Å². The molecule has 0 spiro atoms. The van der Waals surface area contributed by atoms with Crippen molar-refractivity contribution in [1.29, 1.82) is 0 Å². The molecule has 1 saturated carbocycles. The van der Waals surface area contributed by atoms with Crippen molar-refractivity contribution in [1.82, 2.24) is 10.2 Å². The quantitative estimate of drug-likeness (QED) is 0.430. The summed E-state index contributed by atoms with van der Waals surface area (Å²) in [6, 6.07) is 13.6. The highest BCUT2D eigenvalue weighted by Gasteiger charge is 2.31. The molecule has 1 atom stereocenters.